The van der Waals surface area contributed by atoms with Crippen LogP contribution in [0.1, 0.15) is 43.3 Å². The molecule has 0 atom stereocenters. The fourth-order valence-electron chi connectivity index (χ4n) is 2.89. The zero-order valence-corrected chi connectivity index (χ0v) is 13.7. The van der Waals surface area contributed by atoms with Crippen LogP contribution in [0.25, 0.3) is 10.2 Å². The van der Waals surface area contributed by atoms with Crippen LogP contribution in [0.2, 0.25) is 0 Å². The van der Waals surface area contributed by atoms with Crippen molar-refractivity contribution >= 4 is 27.5 Å². The molecule has 0 aliphatic heterocycles. The van der Waals surface area contributed by atoms with Gasteiger partial charge in [0.05, 0.1) is 15.4 Å². The lowest BCUT2D eigenvalue weighted by Crippen LogP contribution is -2.38. The third-order valence-electron chi connectivity index (χ3n) is 4.02. The van der Waals surface area contributed by atoms with Crippen molar-refractivity contribution in [3.05, 3.63) is 21.1 Å². The molecule has 2 aromatic heterocycles. The summed E-state index contributed by atoms with van der Waals surface area (Å²) in [6.45, 7) is 3.82. The zero-order chi connectivity index (χ0) is 15.7. The molecular formula is C15H20N4O2S. The molecule has 1 aliphatic rings. The summed E-state index contributed by atoms with van der Waals surface area (Å²) in [6.07, 6.45) is 5.16. The van der Waals surface area contributed by atoms with Crippen molar-refractivity contribution in [3.63, 3.8) is 0 Å². The number of aryl methyl sites for hydroxylation is 2. The SMILES string of the molecule is CCc1nc2c(=O)n(CC(=O)NC3CCCC3)nc(C)c2s1. The molecule has 1 amide bonds. The van der Waals surface area contributed by atoms with E-state index >= 15 is 0 Å². The third-order valence-corrected chi connectivity index (χ3v) is 5.33. The predicted octanol–water partition coefficient (Wildman–Crippen LogP) is 1.78. The summed E-state index contributed by atoms with van der Waals surface area (Å²) in [7, 11) is 0. The molecule has 1 fully saturated rings. The van der Waals surface area contributed by atoms with Gasteiger partial charge in [0.25, 0.3) is 5.56 Å². The third kappa shape index (κ3) is 2.90. The molecule has 7 heteroatoms. The second-order valence-electron chi connectivity index (χ2n) is 5.74. The van der Waals surface area contributed by atoms with Crippen LogP contribution < -0.4 is 10.9 Å². The van der Waals surface area contributed by atoms with Gasteiger partial charge >= 0.3 is 0 Å². The van der Waals surface area contributed by atoms with E-state index < -0.39 is 0 Å². The van der Waals surface area contributed by atoms with Crippen LogP contribution in [0, 0.1) is 6.92 Å². The standard InChI is InChI=1S/C15H20N4O2S/c1-3-12-17-13-14(22-12)9(2)18-19(15(13)21)8-11(20)16-10-6-4-5-7-10/h10H,3-8H2,1-2H3,(H,16,20). The molecule has 1 N–H and O–H groups in total. The lowest BCUT2D eigenvalue weighted by atomic mass is 10.2. The van der Waals surface area contributed by atoms with Gasteiger partial charge in [-0.05, 0) is 26.2 Å². The fourth-order valence-corrected chi connectivity index (χ4v) is 3.82. The van der Waals surface area contributed by atoms with Crippen molar-refractivity contribution in [2.24, 2.45) is 0 Å². The van der Waals surface area contributed by atoms with Crippen molar-refractivity contribution in [3.8, 4) is 0 Å². The number of aromatic nitrogens is 3. The number of rotatable bonds is 4. The van der Waals surface area contributed by atoms with Gasteiger partial charge in [0, 0.05) is 6.04 Å². The lowest BCUT2D eigenvalue weighted by molar-refractivity contribution is -0.122. The quantitative estimate of drug-likeness (QED) is 0.931. The topological polar surface area (TPSA) is 76.9 Å². The van der Waals surface area contributed by atoms with Gasteiger partial charge in [0.15, 0.2) is 5.52 Å². The second-order valence-corrected chi connectivity index (χ2v) is 6.82. The molecular weight excluding hydrogens is 300 g/mol. The maximum atomic E-state index is 12.4. The largest absolute Gasteiger partial charge is 0.352 e. The molecule has 1 saturated carbocycles. The Balaban J connectivity index is 1.85. The maximum absolute atomic E-state index is 12.4. The number of hydrogen-bond acceptors (Lipinski definition) is 5. The van der Waals surface area contributed by atoms with E-state index in [-0.39, 0.29) is 24.1 Å². The van der Waals surface area contributed by atoms with Crippen molar-refractivity contribution in [1.82, 2.24) is 20.1 Å². The van der Waals surface area contributed by atoms with Gasteiger partial charge in [-0.25, -0.2) is 9.67 Å². The van der Waals surface area contributed by atoms with Crippen LogP contribution in [-0.2, 0) is 17.8 Å². The minimum Gasteiger partial charge on any atom is -0.352 e. The zero-order valence-electron chi connectivity index (χ0n) is 12.9. The first-order chi connectivity index (χ1) is 10.6. The van der Waals surface area contributed by atoms with Gasteiger partial charge < -0.3 is 5.32 Å². The first-order valence-electron chi connectivity index (χ1n) is 7.75. The van der Waals surface area contributed by atoms with E-state index in [0.717, 1.165) is 47.5 Å². The Morgan fingerprint density at radius 2 is 2.14 bits per heavy atom. The molecule has 3 rings (SSSR count). The van der Waals surface area contributed by atoms with E-state index in [2.05, 4.69) is 15.4 Å². The van der Waals surface area contributed by atoms with Crippen molar-refractivity contribution in [2.75, 3.05) is 0 Å². The van der Waals surface area contributed by atoms with Gasteiger partial charge in [-0.1, -0.05) is 19.8 Å². The Hall–Kier alpha value is -1.76. The summed E-state index contributed by atoms with van der Waals surface area (Å²) in [5.41, 5.74) is 0.904. The van der Waals surface area contributed by atoms with Crippen LogP contribution >= 0.6 is 11.3 Å². The van der Waals surface area contributed by atoms with E-state index in [9.17, 15) is 9.59 Å². The highest BCUT2D eigenvalue weighted by Gasteiger charge is 2.19. The average molecular weight is 320 g/mol. The first-order valence-corrected chi connectivity index (χ1v) is 8.56. The molecule has 0 spiro atoms. The van der Waals surface area contributed by atoms with Crippen molar-refractivity contribution in [2.45, 2.75) is 58.5 Å². The Kier molecular flexibility index (Phi) is 4.24. The average Bonchev–Trinajstić information content (AvgIpc) is 3.13. The van der Waals surface area contributed by atoms with Crippen LogP contribution in [-0.4, -0.2) is 26.7 Å². The van der Waals surface area contributed by atoms with Gasteiger partial charge in [0.1, 0.15) is 6.54 Å². The number of carbonyl (C=O) groups is 1. The maximum Gasteiger partial charge on any atom is 0.294 e. The summed E-state index contributed by atoms with van der Waals surface area (Å²) in [6, 6.07) is 0.249. The molecule has 118 valence electrons. The van der Waals surface area contributed by atoms with E-state index in [1.165, 1.54) is 16.0 Å². The van der Waals surface area contributed by atoms with Crippen LogP contribution in [0.5, 0.6) is 0 Å². The van der Waals surface area contributed by atoms with Gasteiger partial charge in [-0.2, -0.15) is 5.10 Å². The number of fused-ring (bicyclic) bond motifs is 1. The number of amides is 1. The molecule has 22 heavy (non-hydrogen) atoms. The molecule has 0 unspecified atom stereocenters. The van der Waals surface area contributed by atoms with Gasteiger partial charge in [-0.15, -0.1) is 11.3 Å². The van der Waals surface area contributed by atoms with E-state index in [1.54, 1.807) is 0 Å². The molecule has 0 bridgehead atoms. The molecule has 0 radical (unpaired) electrons. The normalized spacial score (nSPS) is 15.5. The van der Waals surface area contributed by atoms with Crippen LogP contribution in [0.15, 0.2) is 4.79 Å². The lowest BCUT2D eigenvalue weighted by Gasteiger charge is -2.12. The van der Waals surface area contributed by atoms with Crippen molar-refractivity contribution < 1.29 is 4.79 Å². The number of nitrogens with zero attached hydrogens (tertiary/aromatic N) is 3. The molecule has 2 heterocycles. The van der Waals surface area contributed by atoms with E-state index in [0.29, 0.717) is 5.52 Å². The summed E-state index contributed by atoms with van der Waals surface area (Å²) in [5.74, 6) is -0.147. The second kappa shape index (κ2) is 6.16. The molecule has 2 aromatic rings. The number of hydrogen-bond donors (Lipinski definition) is 1. The van der Waals surface area contributed by atoms with Crippen LogP contribution in [0.4, 0.5) is 0 Å². The monoisotopic (exact) mass is 320 g/mol. The molecule has 0 aromatic carbocycles. The minimum atomic E-state index is -0.280. The number of thiazole rings is 1. The minimum absolute atomic E-state index is 0.0366. The summed E-state index contributed by atoms with van der Waals surface area (Å²) < 4.78 is 2.07. The molecule has 0 saturated heterocycles. The van der Waals surface area contributed by atoms with Crippen LogP contribution in [0.3, 0.4) is 0 Å². The molecule has 6 nitrogen and oxygen atoms in total. The highest BCUT2D eigenvalue weighted by molar-refractivity contribution is 7.18. The fraction of sp³-hybridized carbons (Fsp3) is 0.600. The number of nitrogens with one attached hydrogen (secondary N) is 1. The van der Waals surface area contributed by atoms with E-state index in [4.69, 9.17) is 0 Å². The Morgan fingerprint density at radius 1 is 1.41 bits per heavy atom. The highest BCUT2D eigenvalue weighted by Crippen LogP contribution is 2.22. The number of carbonyl (C=O) groups excluding carboxylic acids is 1. The van der Waals surface area contributed by atoms with Crippen molar-refractivity contribution in [1.29, 1.82) is 0 Å². The summed E-state index contributed by atoms with van der Waals surface area (Å²) in [4.78, 5) is 28.9. The highest BCUT2D eigenvalue weighted by atomic mass is 32.1. The van der Waals surface area contributed by atoms with E-state index in [1.807, 2.05) is 13.8 Å². The Morgan fingerprint density at radius 3 is 2.82 bits per heavy atom. The Labute approximate surface area is 132 Å². The summed E-state index contributed by atoms with van der Waals surface area (Å²) in [5, 5.41) is 8.18. The predicted molar refractivity (Wildman–Crippen MR) is 86.2 cm³/mol. The van der Waals surface area contributed by atoms with Gasteiger partial charge in [0.2, 0.25) is 5.91 Å². The smallest absolute Gasteiger partial charge is 0.294 e. The summed E-state index contributed by atoms with van der Waals surface area (Å²) >= 11 is 1.50. The Bertz CT molecular complexity index is 759. The first kappa shape index (κ1) is 15.1. The molecule has 1 aliphatic carbocycles. The van der Waals surface area contributed by atoms with Gasteiger partial charge in [-0.3, -0.25) is 9.59 Å².